The molecule has 22 heavy (non-hydrogen) atoms. The molecule has 2 rings (SSSR count). The van der Waals surface area contributed by atoms with E-state index in [4.69, 9.17) is 28.6 Å². The summed E-state index contributed by atoms with van der Waals surface area (Å²) in [5.41, 5.74) is 2.25. The summed E-state index contributed by atoms with van der Waals surface area (Å²) in [6.07, 6.45) is 0. The van der Waals surface area contributed by atoms with Crippen molar-refractivity contribution in [1.29, 1.82) is 0 Å². The van der Waals surface area contributed by atoms with Crippen LogP contribution in [0, 0.1) is 0 Å². The molecule has 2 aromatic carbocycles. The molecule has 0 bridgehead atoms. The minimum Gasteiger partial charge on any atom is -0.497 e. The zero-order valence-corrected chi connectivity index (χ0v) is 14.2. The third-order valence-corrected chi connectivity index (χ3v) is 3.82. The van der Waals surface area contributed by atoms with E-state index >= 15 is 0 Å². The highest BCUT2D eigenvalue weighted by Gasteiger charge is 2.07. The van der Waals surface area contributed by atoms with Gasteiger partial charge < -0.3 is 15.4 Å². The lowest BCUT2D eigenvalue weighted by Crippen LogP contribution is -2.36. The first-order valence-electron chi connectivity index (χ1n) is 7.01. The number of benzene rings is 2. The van der Waals surface area contributed by atoms with E-state index in [1.54, 1.807) is 7.11 Å². The molecule has 2 N–H and O–H groups in total. The molecule has 2 aromatic rings. The van der Waals surface area contributed by atoms with Gasteiger partial charge in [0, 0.05) is 11.6 Å². The fraction of sp³-hybridized carbons (Fsp3) is 0.235. The highest BCUT2D eigenvalue weighted by atomic mass is 35.5. The van der Waals surface area contributed by atoms with Gasteiger partial charge in [-0.1, -0.05) is 35.9 Å². The van der Waals surface area contributed by atoms with Gasteiger partial charge in [-0.15, -0.1) is 0 Å². The molecule has 0 aliphatic heterocycles. The molecule has 0 spiro atoms. The molecule has 0 aromatic heterocycles. The fourth-order valence-electron chi connectivity index (χ4n) is 2.03. The second-order valence-corrected chi connectivity index (χ2v) is 5.80. The number of rotatable bonds is 5. The Balaban J connectivity index is 1.86. The van der Waals surface area contributed by atoms with Crippen LogP contribution in [0.2, 0.25) is 5.02 Å². The first-order valence-corrected chi connectivity index (χ1v) is 7.80. The van der Waals surface area contributed by atoms with Crippen LogP contribution in [0.15, 0.2) is 48.5 Å². The van der Waals surface area contributed by atoms with Crippen molar-refractivity contribution in [3.05, 3.63) is 64.7 Å². The largest absolute Gasteiger partial charge is 0.497 e. The van der Waals surface area contributed by atoms with Gasteiger partial charge in [-0.2, -0.15) is 0 Å². The van der Waals surface area contributed by atoms with Crippen LogP contribution in [0.1, 0.15) is 24.1 Å². The Morgan fingerprint density at radius 3 is 2.64 bits per heavy atom. The number of halogens is 1. The number of nitrogens with one attached hydrogen (secondary N) is 2. The normalized spacial score (nSPS) is 11.6. The Bertz CT molecular complexity index is 631. The maximum atomic E-state index is 5.87. The topological polar surface area (TPSA) is 33.3 Å². The van der Waals surface area contributed by atoms with Crippen molar-refractivity contribution in [2.45, 2.75) is 19.5 Å². The summed E-state index contributed by atoms with van der Waals surface area (Å²) in [5, 5.41) is 7.81. The molecule has 0 aliphatic rings. The summed E-state index contributed by atoms with van der Waals surface area (Å²) in [7, 11) is 1.66. The van der Waals surface area contributed by atoms with E-state index in [2.05, 4.69) is 17.6 Å². The van der Waals surface area contributed by atoms with E-state index in [-0.39, 0.29) is 6.04 Å². The molecule has 116 valence electrons. The maximum absolute atomic E-state index is 5.87. The maximum Gasteiger partial charge on any atom is 0.167 e. The molecule has 3 nitrogen and oxygen atoms in total. The van der Waals surface area contributed by atoms with Crippen molar-refractivity contribution in [3.63, 3.8) is 0 Å². The molecule has 0 fully saturated rings. The summed E-state index contributed by atoms with van der Waals surface area (Å²) >= 11 is 11.2. The lowest BCUT2D eigenvalue weighted by atomic mass is 10.1. The second-order valence-electron chi connectivity index (χ2n) is 4.95. The van der Waals surface area contributed by atoms with Gasteiger partial charge in [-0.05, 0) is 54.5 Å². The first kappa shape index (κ1) is 16.6. The summed E-state index contributed by atoms with van der Waals surface area (Å²) in [4.78, 5) is 0. The Hall–Kier alpha value is -1.78. The quantitative estimate of drug-likeness (QED) is 0.807. The number of methoxy groups -OCH3 is 1. The number of ether oxygens (including phenoxy) is 1. The average Bonchev–Trinajstić information content (AvgIpc) is 2.54. The third kappa shape index (κ3) is 4.90. The van der Waals surface area contributed by atoms with Crippen LogP contribution >= 0.6 is 23.8 Å². The van der Waals surface area contributed by atoms with Crippen molar-refractivity contribution in [1.82, 2.24) is 10.6 Å². The minimum absolute atomic E-state index is 0.0975. The molecule has 0 heterocycles. The molecular weight excluding hydrogens is 316 g/mol. The van der Waals surface area contributed by atoms with Gasteiger partial charge >= 0.3 is 0 Å². The number of hydrogen-bond donors (Lipinski definition) is 2. The molecule has 0 aliphatic carbocycles. The van der Waals surface area contributed by atoms with Crippen LogP contribution in [0.4, 0.5) is 0 Å². The van der Waals surface area contributed by atoms with Gasteiger partial charge in [0.1, 0.15) is 5.75 Å². The Labute approximate surface area is 141 Å². The lowest BCUT2D eigenvalue weighted by Gasteiger charge is -2.18. The molecule has 0 radical (unpaired) electrons. The monoisotopic (exact) mass is 334 g/mol. The van der Waals surface area contributed by atoms with Crippen molar-refractivity contribution in [2.24, 2.45) is 0 Å². The molecule has 0 unspecified atom stereocenters. The molecule has 0 saturated carbocycles. The molecule has 0 amide bonds. The summed E-state index contributed by atoms with van der Waals surface area (Å²) < 4.78 is 5.24. The van der Waals surface area contributed by atoms with Crippen LogP contribution in [-0.4, -0.2) is 12.2 Å². The molecule has 0 saturated heterocycles. The van der Waals surface area contributed by atoms with Gasteiger partial charge in [0.05, 0.1) is 13.2 Å². The Morgan fingerprint density at radius 1 is 1.23 bits per heavy atom. The third-order valence-electron chi connectivity index (χ3n) is 3.31. The highest BCUT2D eigenvalue weighted by molar-refractivity contribution is 7.80. The number of hydrogen-bond acceptors (Lipinski definition) is 2. The predicted octanol–water partition coefficient (Wildman–Crippen LogP) is 4.07. The van der Waals surface area contributed by atoms with Gasteiger partial charge in [0.2, 0.25) is 0 Å². The molecule has 1 atom stereocenters. The van der Waals surface area contributed by atoms with Gasteiger partial charge in [0.25, 0.3) is 0 Å². The molecular formula is C17H19ClN2OS. The zero-order chi connectivity index (χ0) is 15.9. The average molecular weight is 335 g/mol. The van der Waals surface area contributed by atoms with Crippen LogP contribution < -0.4 is 15.4 Å². The van der Waals surface area contributed by atoms with Crippen molar-refractivity contribution in [2.75, 3.05) is 7.11 Å². The predicted molar refractivity (Wildman–Crippen MR) is 95.4 cm³/mol. The highest BCUT2D eigenvalue weighted by Crippen LogP contribution is 2.18. The van der Waals surface area contributed by atoms with E-state index < -0.39 is 0 Å². The van der Waals surface area contributed by atoms with Crippen LogP contribution in [-0.2, 0) is 6.54 Å². The Kier molecular flexibility index (Phi) is 6.04. The van der Waals surface area contributed by atoms with E-state index in [0.717, 1.165) is 21.9 Å². The summed E-state index contributed by atoms with van der Waals surface area (Å²) in [5.74, 6) is 0.839. The lowest BCUT2D eigenvalue weighted by molar-refractivity contribution is 0.413. The summed E-state index contributed by atoms with van der Waals surface area (Å²) in [6.45, 7) is 2.72. The fourth-order valence-corrected chi connectivity index (χ4v) is 2.40. The van der Waals surface area contributed by atoms with Gasteiger partial charge in [-0.3, -0.25) is 0 Å². The van der Waals surface area contributed by atoms with Crippen LogP contribution in [0.25, 0.3) is 0 Å². The number of thiocarbonyl (C=S) groups is 1. The van der Waals surface area contributed by atoms with Crippen molar-refractivity contribution < 1.29 is 4.74 Å². The van der Waals surface area contributed by atoms with Gasteiger partial charge in [-0.25, -0.2) is 0 Å². The minimum atomic E-state index is 0.0975. The van der Waals surface area contributed by atoms with Crippen LogP contribution in [0.5, 0.6) is 5.75 Å². The van der Waals surface area contributed by atoms with Crippen LogP contribution in [0.3, 0.4) is 0 Å². The van der Waals surface area contributed by atoms with Gasteiger partial charge in [0.15, 0.2) is 5.11 Å². The standard InChI is InChI=1S/C17H19ClN2OS/c1-12(14-4-3-5-16(10-14)21-2)20-17(22)19-11-13-6-8-15(18)9-7-13/h3-10,12H,11H2,1-2H3,(H2,19,20,22)/t12-/m1/s1. The van der Waals surface area contributed by atoms with E-state index in [1.165, 1.54) is 0 Å². The molecule has 5 heteroatoms. The van der Waals surface area contributed by atoms with E-state index in [1.807, 2.05) is 48.5 Å². The summed E-state index contributed by atoms with van der Waals surface area (Å²) in [6, 6.07) is 15.7. The second kappa shape index (κ2) is 8.01. The zero-order valence-electron chi connectivity index (χ0n) is 12.6. The Morgan fingerprint density at radius 2 is 1.95 bits per heavy atom. The van der Waals surface area contributed by atoms with E-state index in [0.29, 0.717) is 11.7 Å². The smallest absolute Gasteiger partial charge is 0.167 e. The van der Waals surface area contributed by atoms with E-state index in [9.17, 15) is 0 Å². The SMILES string of the molecule is COc1cccc([C@@H](C)NC(=S)NCc2ccc(Cl)cc2)c1. The van der Waals surface area contributed by atoms with Crippen molar-refractivity contribution >= 4 is 28.9 Å². The first-order chi connectivity index (χ1) is 10.6. The van der Waals surface area contributed by atoms with Crippen molar-refractivity contribution in [3.8, 4) is 5.75 Å².